The third-order valence-electron chi connectivity index (χ3n) is 1.67. The molecule has 0 amide bonds. The molecule has 0 bridgehead atoms. The van der Waals surface area contributed by atoms with Gasteiger partial charge in [-0.3, -0.25) is 0 Å². The first-order valence-corrected chi connectivity index (χ1v) is 7.33. The Bertz CT molecular complexity index is 209. The van der Waals surface area contributed by atoms with E-state index in [-0.39, 0.29) is 0 Å². The summed E-state index contributed by atoms with van der Waals surface area (Å²) >= 11 is 2.56. The molecule has 3 heteroatoms. The van der Waals surface area contributed by atoms with Gasteiger partial charge in [0, 0.05) is 0 Å². The van der Waals surface area contributed by atoms with Crippen LogP contribution < -0.4 is 2.89 Å². The Morgan fingerprint density at radius 3 is 2.90 bits per heavy atom. The summed E-state index contributed by atoms with van der Waals surface area (Å²) in [6.45, 7) is 4.46. The average Bonchev–Trinajstić information content (AvgIpc) is 2.34. The van der Waals surface area contributed by atoms with Crippen molar-refractivity contribution in [3.8, 4) is 0 Å². The zero-order chi connectivity index (χ0) is 7.56. The van der Waals surface area contributed by atoms with Crippen molar-refractivity contribution in [2.45, 2.75) is 26.2 Å². The summed E-state index contributed by atoms with van der Waals surface area (Å²) in [6, 6.07) is 0. The van der Waals surface area contributed by atoms with Gasteiger partial charge in [0.25, 0.3) is 0 Å². The van der Waals surface area contributed by atoms with Gasteiger partial charge in [0.05, 0.1) is 0 Å². The summed E-state index contributed by atoms with van der Waals surface area (Å²) in [5.74, 6) is 0.671. The Morgan fingerprint density at radius 2 is 2.50 bits per heavy atom. The van der Waals surface area contributed by atoms with E-state index in [0.717, 1.165) is 0 Å². The van der Waals surface area contributed by atoms with Crippen LogP contribution in [0.5, 0.6) is 0 Å². The molecule has 0 aliphatic rings. The van der Waals surface area contributed by atoms with Gasteiger partial charge in [-0.1, -0.05) is 0 Å². The van der Waals surface area contributed by atoms with E-state index in [1.165, 1.54) is 14.3 Å². The first-order valence-electron chi connectivity index (χ1n) is 3.66. The number of nitrogens with zero attached hydrogens (tertiary/aromatic N) is 1. The molecule has 1 nitrogen and oxygen atoms in total. The van der Waals surface area contributed by atoms with Gasteiger partial charge in [0.1, 0.15) is 0 Å². The van der Waals surface area contributed by atoms with E-state index >= 15 is 0 Å². The van der Waals surface area contributed by atoms with Crippen molar-refractivity contribution in [2.75, 3.05) is 0 Å². The molecule has 0 saturated heterocycles. The third-order valence-corrected chi connectivity index (χ3v) is 5.30. The predicted molar refractivity (Wildman–Crippen MR) is 50.4 cm³/mol. The average molecular weight is 262 g/mol. The Hall–Kier alpha value is 0.429. The topological polar surface area (TPSA) is 12.9 Å². The van der Waals surface area contributed by atoms with Crippen LogP contribution in [0, 0.1) is 0 Å². The van der Waals surface area contributed by atoms with E-state index in [0.29, 0.717) is 28.4 Å². The van der Waals surface area contributed by atoms with Crippen LogP contribution in [0.15, 0.2) is 6.20 Å². The molecular formula is C7H13NSSn. The van der Waals surface area contributed by atoms with Gasteiger partial charge in [0.15, 0.2) is 0 Å². The summed E-state index contributed by atoms with van der Waals surface area (Å²) in [5, 5.41) is 1.33. The van der Waals surface area contributed by atoms with Gasteiger partial charge in [-0.2, -0.15) is 0 Å². The molecule has 1 rings (SSSR count). The van der Waals surface area contributed by atoms with Crippen LogP contribution in [0.25, 0.3) is 0 Å². The van der Waals surface area contributed by atoms with E-state index in [4.69, 9.17) is 0 Å². The summed E-state index contributed by atoms with van der Waals surface area (Å²) < 4.78 is 1.53. The molecule has 1 aromatic rings. The Balaban J connectivity index is 2.74. The Kier molecular flexibility index (Phi) is 3.17. The minimum absolute atomic E-state index is 0.662. The number of thiazole rings is 1. The molecule has 0 aromatic carbocycles. The van der Waals surface area contributed by atoms with E-state index in [9.17, 15) is 0 Å². The van der Waals surface area contributed by atoms with Crippen LogP contribution in [0.3, 0.4) is 0 Å². The zero-order valence-corrected chi connectivity index (χ0v) is 13.2. The van der Waals surface area contributed by atoms with Crippen molar-refractivity contribution in [1.82, 2.24) is 4.98 Å². The molecule has 1 atom stereocenters. The summed E-state index contributed by atoms with van der Waals surface area (Å²) in [6.07, 6.45) is 3.25. The van der Waals surface area contributed by atoms with Crippen LogP contribution >= 0.6 is 11.3 Å². The maximum absolute atomic E-state index is 4.36. The SMILES string of the molecule is CCC(C)c1nc[c]([SnH3])s1. The predicted octanol–water partition coefficient (Wildman–Crippen LogP) is 0.647. The quantitative estimate of drug-likeness (QED) is 0.713. The molecule has 0 aliphatic heterocycles. The Morgan fingerprint density at radius 1 is 1.80 bits per heavy atom. The number of aromatic nitrogens is 1. The first-order chi connectivity index (χ1) is 4.74. The molecule has 1 aromatic heterocycles. The second-order valence-corrected chi connectivity index (χ2v) is 9.03. The molecule has 1 heterocycles. The van der Waals surface area contributed by atoms with Crippen molar-refractivity contribution in [3.63, 3.8) is 0 Å². The molecule has 0 aliphatic carbocycles. The van der Waals surface area contributed by atoms with E-state index in [2.05, 4.69) is 18.8 Å². The molecule has 10 heavy (non-hydrogen) atoms. The molecule has 0 radical (unpaired) electrons. The van der Waals surface area contributed by atoms with Gasteiger partial charge < -0.3 is 0 Å². The molecule has 0 N–H and O–H groups in total. The van der Waals surface area contributed by atoms with Gasteiger partial charge in [0.2, 0.25) is 0 Å². The molecular weight excluding hydrogens is 249 g/mol. The van der Waals surface area contributed by atoms with Crippen LogP contribution in [0.1, 0.15) is 31.2 Å². The molecule has 1 unspecified atom stereocenters. The minimum atomic E-state index is 0.662. The molecule has 0 spiro atoms. The second kappa shape index (κ2) is 3.71. The van der Waals surface area contributed by atoms with Crippen molar-refractivity contribution < 1.29 is 0 Å². The molecule has 0 saturated carbocycles. The first kappa shape index (κ1) is 8.52. The van der Waals surface area contributed by atoms with Crippen LogP contribution in [-0.2, 0) is 0 Å². The van der Waals surface area contributed by atoms with E-state index < -0.39 is 0 Å². The summed E-state index contributed by atoms with van der Waals surface area (Å²) in [4.78, 5) is 4.36. The van der Waals surface area contributed by atoms with Gasteiger partial charge in [-0.25, -0.2) is 0 Å². The Labute approximate surface area is 79.0 Å². The van der Waals surface area contributed by atoms with Crippen LogP contribution in [-0.4, -0.2) is 27.5 Å². The van der Waals surface area contributed by atoms with Crippen molar-refractivity contribution in [2.24, 2.45) is 0 Å². The third kappa shape index (κ3) is 1.95. The van der Waals surface area contributed by atoms with Crippen molar-refractivity contribution >= 4 is 36.8 Å². The zero-order valence-electron chi connectivity index (χ0n) is 6.72. The standard InChI is InChI=1S/C7H10NS.Sn.3H/c1-3-6(2)7-8-4-5-9-7;;;;/h4,6H,3H2,1-2H3;;;;. The molecule has 0 fully saturated rings. The second-order valence-electron chi connectivity index (χ2n) is 2.62. The van der Waals surface area contributed by atoms with Crippen molar-refractivity contribution in [3.05, 3.63) is 11.2 Å². The van der Waals surface area contributed by atoms with E-state index in [1.54, 1.807) is 0 Å². The number of hydrogen-bond donors (Lipinski definition) is 0. The van der Waals surface area contributed by atoms with Crippen LogP contribution in [0.4, 0.5) is 0 Å². The fraction of sp³-hybridized carbons (Fsp3) is 0.571. The van der Waals surface area contributed by atoms with Gasteiger partial charge >= 0.3 is 79.1 Å². The normalized spacial score (nSPS) is 13.8. The van der Waals surface area contributed by atoms with E-state index in [1.807, 2.05) is 17.5 Å². The fourth-order valence-electron chi connectivity index (χ4n) is 0.775. The molecule has 56 valence electrons. The van der Waals surface area contributed by atoms with Gasteiger partial charge in [-0.15, -0.1) is 0 Å². The fourth-order valence-corrected chi connectivity index (χ4v) is 3.84. The van der Waals surface area contributed by atoms with Crippen molar-refractivity contribution in [1.29, 1.82) is 0 Å². The maximum atomic E-state index is 4.36. The monoisotopic (exact) mass is 263 g/mol. The van der Waals surface area contributed by atoms with Gasteiger partial charge in [-0.05, 0) is 0 Å². The number of rotatable bonds is 2. The summed E-state index contributed by atoms with van der Waals surface area (Å²) in [5.41, 5.74) is 0. The van der Waals surface area contributed by atoms with Crippen LogP contribution in [0.2, 0.25) is 0 Å². The summed E-state index contributed by atoms with van der Waals surface area (Å²) in [7, 11) is 0. The number of hydrogen-bond acceptors (Lipinski definition) is 2.